The van der Waals surface area contributed by atoms with Gasteiger partial charge in [0.05, 0.1) is 4.90 Å². The van der Waals surface area contributed by atoms with E-state index in [0.717, 1.165) is 11.2 Å². The molecular weight excluding hydrogens is 355 g/mol. The molecule has 0 saturated carbocycles. The van der Waals surface area contributed by atoms with Gasteiger partial charge < -0.3 is 9.64 Å². The Kier molecular flexibility index (Phi) is 5.09. The largest absolute Gasteiger partial charge is 0.377 e. The minimum absolute atomic E-state index is 0.0192. The summed E-state index contributed by atoms with van der Waals surface area (Å²) in [6.07, 6.45) is 0. The molecule has 1 aliphatic heterocycles. The first kappa shape index (κ1) is 17.2. The van der Waals surface area contributed by atoms with Crippen LogP contribution in [0.3, 0.4) is 0 Å². The highest BCUT2D eigenvalue weighted by Crippen LogP contribution is 2.23. The van der Waals surface area contributed by atoms with Crippen molar-refractivity contribution in [2.24, 2.45) is 0 Å². The van der Waals surface area contributed by atoms with Crippen LogP contribution in [0, 0.1) is 5.82 Å². The van der Waals surface area contributed by atoms with Gasteiger partial charge in [-0.2, -0.15) is 8.68 Å². The third-order valence-electron chi connectivity index (χ3n) is 3.67. The minimum Gasteiger partial charge on any atom is -0.377 e. The minimum atomic E-state index is -3.68. The molecule has 1 aromatic heterocycles. The average Bonchev–Trinajstić information content (AvgIpc) is 3.04. The van der Waals surface area contributed by atoms with Crippen molar-refractivity contribution in [1.82, 2.24) is 13.7 Å². The van der Waals surface area contributed by atoms with Crippen molar-refractivity contribution < 1.29 is 17.5 Å². The van der Waals surface area contributed by atoms with Crippen molar-refractivity contribution >= 4 is 26.7 Å². The third kappa shape index (κ3) is 3.56. The SMILES string of the molecule is COCc1nsc(N2CCN(S(=O)(=O)c3cccc(F)c3)CC2)n1. The lowest BCUT2D eigenvalue weighted by Crippen LogP contribution is -2.48. The van der Waals surface area contributed by atoms with E-state index in [0.29, 0.717) is 38.6 Å². The fourth-order valence-corrected chi connectivity index (χ4v) is 4.64. The van der Waals surface area contributed by atoms with E-state index < -0.39 is 15.8 Å². The summed E-state index contributed by atoms with van der Waals surface area (Å²) in [5.41, 5.74) is 0. The van der Waals surface area contributed by atoms with Gasteiger partial charge in [0.25, 0.3) is 0 Å². The lowest BCUT2D eigenvalue weighted by Gasteiger charge is -2.33. The van der Waals surface area contributed by atoms with Gasteiger partial charge in [-0.3, -0.25) is 0 Å². The van der Waals surface area contributed by atoms with Gasteiger partial charge >= 0.3 is 0 Å². The standard InChI is InChI=1S/C14H17FN4O3S2/c1-22-10-13-16-14(23-17-13)18-5-7-19(8-6-18)24(20,21)12-4-2-3-11(15)9-12/h2-4,9H,5-8,10H2,1H3. The lowest BCUT2D eigenvalue weighted by atomic mass is 10.4. The summed E-state index contributed by atoms with van der Waals surface area (Å²) in [5.74, 6) is 0.0570. The van der Waals surface area contributed by atoms with E-state index in [-0.39, 0.29) is 4.90 Å². The number of nitrogens with zero attached hydrogens (tertiary/aromatic N) is 4. The predicted octanol–water partition coefficient (Wildman–Crippen LogP) is 1.33. The van der Waals surface area contributed by atoms with E-state index in [1.807, 2.05) is 4.90 Å². The van der Waals surface area contributed by atoms with E-state index in [4.69, 9.17) is 4.74 Å². The highest BCUT2D eigenvalue weighted by molar-refractivity contribution is 7.89. The number of hydrogen-bond donors (Lipinski definition) is 0. The maximum absolute atomic E-state index is 13.3. The summed E-state index contributed by atoms with van der Waals surface area (Å²) in [4.78, 5) is 6.35. The Hall–Kier alpha value is -1.62. The second-order valence-electron chi connectivity index (χ2n) is 5.27. The Morgan fingerprint density at radius 2 is 2.04 bits per heavy atom. The Morgan fingerprint density at radius 1 is 1.29 bits per heavy atom. The number of methoxy groups -OCH3 is 1. The Bertz CT molecular complexity index is 804. The zero-order chi connectivity index (χ0) is 17.2. The molecule has 1 aromatic carbocycles. The van der Waals surface area contributed by atoms with Gasteiger partial charge in [-0.25, -0.2) is 17.8 Å². The molecule has 0 atom stereocenters. The van der Waals surface area contributed by atoms with Crippen molar-refractivity contribution in [2.45, 2.75) is 11.5 Å². The summed E-state index contributed by atoms with van der Waals surface area (Å²) in [5, 5.41) is 0.754. The average molecular weight is 372 g/mol. The number of rotatable bonds is 5. The first-order valence-electron chi connectivity index (χ1n) is 7.33. The molecule has 2 heterocycles. The molecule has 0 amide bonds. The molecule has 0 bridgehead atoms. The second kappa shape index (κ2) is 7.09. The number of benzene rings is 1. The summed E-state index contributed by atoms with van der Waals surface area (Å²) < 4.78 is 49.0. The number of sulfonamides is 1. The van der Waals surface area contributed by atoms with Crippen LogP contribution in [0.1, 0.15) is 5.82 Å². The van der Waals surface area contributed by atoms with Crippen molar-refractivity contribution in [3.63, 3.8) is 0 Å². The van der Waals surface area contributed by atoms with Crippen LogP contribution in [-0.2, 0) is 21.4 Å². The summed E-state index contributed by atoms with van der Waals surface area (Å²) in [6.45, 7) is 2.01. The molecule has 0 unspecified atom stereocenters. The van der Waals surface area contributed by atoms with Gasteiger partial charge in [-0.1, -0.05) is 6.07 Å². The van der Waals surface area contributed by atoms with Crippen LogP contribution in [0.5, 0.6) is 0 Å². The van der Waals surface area contributed by atoms with Crippen LogP contribution in [0.25, 0.3) is 0 Å². The van der Waals surface area contributed by atoms with Crippen molar-refractivity contribution in [3.8, 4) is 0 Å². The van der Waals surface area contributed by atoms with Crippen LogP contribution in [-0.4, -0.2) is 55.4 Å². The zero-order valence-corrected chi connectivity index (χ0v) is 14.7. The number of halogens is 1. The smallest absolute Gasteiger partial charge is 0.243 e. The van der Waals surface area contributed by atoms with Crippen LogP contribution < -0.4 is 4.90 Å². The topological polar surface area (TPSA) is 75.6 Å². The van der Waals surface area contributed by atoms with E-state index in [1.54, 1.807) is 7.11 Å². The molecule has 3 rings (SSSR count). The number of piperazine rings is 1. The molecule has 0 radical (unpaired) electrons. The summed E-state index contributed by atoms with van der Waals surface area (Å²) in [6, 6.07) is 5.08. The highest BCUT2D eigenvalue weighted by atomic mass is 32.2. The van der Waals surface area contributed by atoms with Crippen LogP contribution in [0.2, 0.25) is 0 Å². The fourth-order valence-electron chi connectivity index (χ4n) is 2.46. The first-order valence-corrected chi connectivity index (χ1v) is 9.54. The predicted molar refractivity (Wildman–Crippen MR) is 88.0 cm³/mol. The fraction of sp³-hybridized carbons (Fsp3) is 0.429. The molecule has 24 heavy (non-hydrogen) atoms. The highest BCUT2D eigenvalue weighted by Gasteiger charge is 2.29. The quantitative estimate of drug-likeness (QED) is 0.788. The number of aromatic nitrogens is 2. The van der Waals surface area contributed by atoms with Gasteiger partial charge in [0.1, 0.15) is 12.4 Å². The zero-order valence-electron chi connectivity index (χ0n) is 13.1. The second-order valence-corrected chi connectivity index (χ2v) is 7.94. The molecule has 0 spiro atoms. The van der Waals surface area contributed by atoms with Crippen LogP contribution >= 0.6 is 11.5 Å². The van der Waals surface area contributed by atoms with Crippen molar-refractivity contribution in [2.75, 3.05) is 38.2 Å². The molecule has 1 saturated heterocycles. The van der Waals surface area contributed by atoms with Crippen LogP contribution in [0.15, 0.2) is 29.2 Å². The Balaban J connectivity index is 1.68. The molecule has 7 nitrogen and oxygen atoms in total. The monoisotopic (exact) mass is 372 g/mol. The number of anilines is 1. The maximum atomic E-state index is 13.3. The summed E-state index contributed by atoms with van der Waals surface area (Å²) >= 11 is 1.27. The van der Waals surface area contributed by atoms with Gasteiger partial charge in [-0.05, 0) is 18.2 Å². The molecule has 2 aromatic rings. The molecule has 10 heteroatoms. The molecular formula is C14H17FN4O3S2. The normalized spacial score (nSPS) is 16.5. The van der Waals surface area contributed by atoms with Gasteiger partial charge in [-0.15, -0.1) is 0 Å². The first-order chi connectivity index (χ1) is 11.5. The number of hydrogen-bond acceptors (Lipinski definition) is 7. The lowest BCUT2D eigenvalue weighted by molar-refractivity contribution is 0.179. The van der Waals surface area contributed by atoms with Crippen molar-refractivity contribution in [3.05, 3.63) is 35.9 Å². The molecule has 1 aliphatic rings. The van der Waals surface area contributed by atoms with Gasteiger partial charge in [0.15, 0.2) is 5.82 Å². The number of ether oxygens (including phenoxy) is 1. The van der Waals surface area contributed by atoms with E-state index >= 15 is 0 Å². The molecule has 1 fully saturated rings. The maximum Gasteiger partial charge on any atom is 0.243 e. The van der Waals surface area contributed by atoms with E-state index in [9.17, 15) is 12.8 Å². The van der Waals surface area contributed by atoms with E-state index in [1.165, 1.54) is 34.0 Å². The van der Waals surface area contributed by atoms with E-state index in [2.05, 4.69) is 9.36 Å². The van der Waals surface area contributed by atoms with Crippen LogP contribution in [0.4, 0.5) is 9.52 Å². The molecule has 0 N–H and O–H groups in total. The Morgan fingerprint density at radius 3 is 2.71 bits per heavy atom. The summed E-state index contributed by atoms with van der Waals surface area (Å²) in [7, 11) is -2.10. The van der Waals surface area contributed by atoms with Crippen molar-refractivity contribution in [1.29, 1.82) is 0 Å². The third-order valence-corrected chi connectivity index (χ3v) is 6.38. The van der Waals surface area contributed by atoms with Gasteiger partial charge in [0.2, 0.25) is 15.2 Å². The molecule has 130 valence electrons. The van der Waals surface area contributed by atoms with Gasteiger partial charge in [0, 0.05) is 44.8 Å². The molecule has 0 aliphatic carbocycles. The Labute approximate surface area is 143 Å².